The van der Waals surface area contributed by atoms with Crippen LogP contribution < -0.4 is 0 Å². The van der Waals surface area contributed by atoms with E-state index in [9.17, 15) is 13.5 Å². The quantitative estimate of drug-likeness (QED) is 0.519. The van der Waals surface area contributed by atoms with Crippen molar-refractivity contribution in [1.29, 1.82) is 0 Å². The van der Waals surface area contributed by atoms with Crippen molar-refractivity contribution in [2.24, 2.45) is 0 Å². The molecule has 11 heavy (non-hydrogen) atoms. The molecule has 64 valence electrons. The highest BCUT2D eigenvalue weighted by Crippen LogP contribution is 2.47. The van der Waals surface area contributed by atoms with E-state index in [1.165, 1.54) is 0 Å². The molecule has 0 aromatic rings. The first kappa shape index (κ1) is 7.52. The van der Waals surface area contributed by atoms with Gasteiger partial charge in [0.05, 0.1) is 17.6 Å². The van der Waals surface area contributed by atoms with E-state index in [2.05, 4.69) is 0 Å². The van der Waals surface area contributed by atoms with Crippen LogP contribution in [0.2, 0.25) is 0 Å². The van der Waals surface area contributed by atoms with E-state index in [-0.39, 0.29) is 17.6 Å². The summed E-state index contributed by atoms with van der Waals surface area (Å²) in [6.45, 7) is 1.57. The van der Waals surface area contributed by atoms with Crippen molar-refractivity contribution >= 4 is 9.84 Å². The van der Waals surface area contributed by atoms with Crippen molar-refractivity contribution in [2.75, 3.05) is 11.5 Å². The van der Waals surface area contributed by atoms with Gasteiger partial charge in [-0.1, -0.05) is 0 Å². The van der Waals surface area contributed by atoms with Gasteiger partial charge in [0.15, 0.2) is 9.84 Å². The number of aliphatic hydroxyl groups is 1. The summed E-state index contributed by atoms with van der Waals surface area (Å²) in [6, 6.07) is 0. The predicted molar refractivity (Wildman–Crippen MR) is 37.9 cm³/mol. The highest BCUT2D eigenvalue weighted by atomic mass is 32.2. The van der Waals surface area contributed by atoms with Crippen molar-refractivity contribution in [2.45, 2.75) is 24.7 Å². The minimum absolute atomic E-state index is 0.0116. The molecular formula is C6H10O4S. The highest BCUT2D eigenvalue weighted by molar-refractivity contribution is 7.91. The zero-order valence-electron chi connectivity index (χ0n) is 6.15. The first-order valence-corrected chi connectivity index (χ1v) is 5.35. The third-order valence-electron chi connectivity index (χ3n) is 2.41. The van der Waals surface area contributed by atoms with Crippen LogP contribution in [0.25, 0.3) is 0 Å². The molecule has 0 amide bonds. The van der Waals surface area contributed by atoms with Crippen LogP contribution in [-0.2, 0) is 14.6 Å². The summed E-state index contributed by atoms with van der Waals surface area (Å²) in [4.78, 5) is 0. The summed E-state index contributed by atoms with van der Waals surface area (Å²) in [6.07, 6.45) is -0.919. The zero-order valence-corrected chi connectivity index (χ0v) is 6.97. The lowest BCUT2D eigenvalue weighted by Crippen LogP contribution is -2.31. The van der Waals surface area contributed by atoms with Crippen LogP contribution in [0.1, 0.15) is 6.92 Å². The third kappa shape index (κ3) is 0.913. The average molecular weight is 178 g/mol. The molecule has 2 aliphatic rings. The fourth-order valence-corrected chi connectivity index (χ4v) is 3.77. The lowest BCUT2D eigenvalue weighted by molar-refractivity contribution is 0.102. The standard InChI is InChI=1S/C6H10O4S/c1-4(7)6-3-11(8,9)2-5(6)10-6/h4-5,7H,2-3H2,1H3/t4-,5-,6-/m0/s1. The fourth-order valence-electron chi connectivity index (χ4n) is 1.65. The van der Waals surface area contributed by atoms with Crippen molar-refractivity contribution in [3.05, 3.63) is 0 Å². The van der Waals surface area contributed by atoms with E-state index in [0.29, 0.717) is 0 Å². The van der Waals surface area contributed by atoms with Crippen molar-refractivity contribution in [3.63, 3.8) is 0 Å². The van der Waals surface area contributed by atoms with Gasteiger partial charge in [0.25, 0.3) is 0 Å². The van der Waals surface area contributed by atoms with Gasteiger partial charge in [0.1, 0.15) is 11.7 Å². The number of aliphatic hydroxyl groups excluding tert-OH is 1. The van der Waals surface area contributed by atoms with Gasteiger partial charge in [-0.15, -0.1) is 0 Å². The van der Waals surface area contributed by atoms with E-state index in [1.54, 1.807) is 6.92 Å². The van der Waals surface area contributed by atoms with Crippen LogP contribution in [0.4, 0.5) is 0 Å². The summed E-state index contributed by atoms with van der Waals surface area (Å²) in [7, 11) is -2.93. The molecular weight excluding hydrogens is 168 g/mol. The Morgan fingerprint density at radius 2 is 2.36 bits per heavy atom. The number of sulfone groups is 1. The summed E-state index contributed by atoms with van der Waals surface area (Å²) in [5, 5.41) is 9.20. The molecule has 3 atom stereocenters. The first-order valence-electron chi connectivity index (χ1n) is 3.53. The SMILES string of the molecule is C[C@H](O)[C@@]12CS(=O)(=O)C[C@@H]1O2. The van der Waals surface area contributed by atoms with Crippen LogP contribution in [0.5, 0.6) is 0 Å². The maximum Gasteiger partial charge on any atom is 0.156 e. The van der Waals surface area contributed by atoms with Gasteiger partial charge in [0.2, 0.25) is 0 Å². The summed E-state index contributed by atoms with van der Waals surface area (Å²) in [5.41, 5.74) is -0.737. The normalized spacial score (nSPS) is 48.4. The number of rotatable bonds is 1. The molecule has 0 unspecified atom stereocenters. The predicted octanol–water partition coefficient (Wildman–Crippen LogP) is -1.07. The molecule has 2 fully saturated rings. The molecule has 0 aliphatic carbocycles. The van der Waals surface area contributed by atoms with Crippen molar-refractivity contribution < 1.29 is 18.3 Å². The second-order valence-electron chi connectivity index (χ2n) is 3.29. The summed E-state index contributed by atoms with van der Waals surface area (Å²) >= 11 is 0. The second kappa shape index (κ2) is 1.78. The largest absolute Gasteiger partial charge is 0.390 e. The maximum atomic E-state index is 11.0. The zero-order chi connectivity index (χ0) is 8.28. The minimum atomic E-state index is -2.93. The van der Waals surface area contributed by atoms with Crippen LogP contribution in [0.15, 0.2) is 0 Å². The lowest BCUT2D eigenvalue weighted by Gasteiger charge is -2.09. The maximum absolute atomic E-state index is 11.0. The number of ether oxygens (including phenoxy) is 1. The lowest BCUT2D eigenvalue weighted by atomic mass is 10.0. The van der Waals surface area contributed by atoms with Gasteiger partial charge in [-0.2, -0.15) is 0 Å². The Morgan fingerprint density at radius 1 is 1.73 bits per heavy atom. The molecule has 0 radical (unpaired) electrons. The molecule has 4 nitrogen and oxygen atoms in total. The van der Waals surface area contributed by atoms with Gasteiger partial charge < -0.3 is 9.84 Å². The monoisotopic (exact) mass is 178 g/mol. The van der Waals surface area contributed by atoms with Gasteiger partial charge in [-0.25, -0.2) is 8.42 Å². The van der Waals surface area contributed by atoms with Gasteiger partial charge in [0, 0.05) is 0 Å². The molecule has 2 aliphatic heterocycles. The fraction of sp³-hybridized carbons (Fsp3) is 1.00. The highest BCUT2D eigenvalue weighted by Gasteiger charge is 2.68. The summed E-state index contributed by atoms with van der Waals surface area (Å²) in [5.74, 6) is 0.0697. The second-order valence-corrected chi connectivity index (χ2v) is 5.40. The van der Waals surface area contributed by atoms with E-state index < -0.39 is 21.5 Å². The van der Waals surface area contributed by atoms with Crippen LogP contribution in [0.3, 0.4) is 0 Å². The third-order valence-corrected chi connectivity index (χ3v) is 4.11. The van der Waals surface area contributed by atoms with Crippen LogP contribution in [-0.4, -0.2) is 42.8 Å². The topological polar surface area (TPSA) is 66.9 Å². The number of hydrogen-bond acceptors (Lipinski definition) is 4. The summed E-state index contributed by atoms with van der Waals surface area (Å²) < 4.78 is 27.1. The molecule has 2 rings (SSSR count). The molecule has 2 saturated heterocycles. The van der Waals surface area contributed by atoms with E-state index in [1.807, 2.05) is 0 Å². The van der Waals surface area contributed by atoms with E-state index in [4.69, 9.17) is 4.74 Å². The van der Waals surface area contributed by atoms with E-state index in [0.717, 1.165) is 0 Å². The Kier molecular flexibility index (Phi) is 1.22. The first-order chi connectivity index (χ1) is 4.96. The molecule has 0 aromatic carbocycles. The van der Waals surface area contributed by atoms with Gasteiger partial charge in [-0.05, 0) is 6.92 Å². The number of epoxide rings is 1. The smallest absolute Gasteiger partial charge is 0.156 e. The Hall–Kier alpha value is -0.130. The molecule has 2 heterocycles. The molecule has 1 N–H and O–H groups in total. The van der Waals surface area contributed by atoms with E-state index >= 15 is 0 Å². The molecule has 0 saturated carbocycles. The Bertz CT molecular complexity index is 281. The minimum Gasteiger partial charge on any atom is -0.390 e. The molecule has 0 bridgehead atoms. The van der Waals surface area contributed by atoms with Crippen LogP contribution >= 0.6 is 0 Å². The van der Waals surface area contributed by atoms with Crippen molar-refractivity contribution in [1.82, 2.24) is 0 Å². The van der Waals surface area contributed by atoms with Crippen molar-refractivity contribution in [3.8, 4) is 0 Å². The Morgan fingerprint density at radius 3 is 2.64 bits per heavy atom. The van der Waals surface area contributed by atoms with Gasteiger partial charge >= 0.3 is 0 Å². The van der Waals surface area contributed by atoms with Crippen LogP contribution in [0, 0.1) is 0 Å². The van der Waals surface area contributed by atoms with Gasteiger partial charge in [-0.3, -0.25) is 0 Å². The molecule has 0 aromatic heterocycles. The Balaban J connectivity index is 2.26. The number of fused-ring (bicyclic) bond motifs is 1. The molecule has 0 spiro atoms. The average Bonchev–Trinajstić information content (AvgIpc) is 2.35. The molecule has 5 heteroatoms. The Labute approximate surface area is 65.1 Å². The number of hydrogen-bond donors (Lipinski definition) is 1.